The van der Waals surface area contributed by atoms with Crippen molar-refractivity contribution >= 4 is 34.7 Å². The highest BCUT2D eigenvalue weighted by Gasteiger charge is 2.78. The number of benzene rings is 2. The quantitative estimate of drug-likeness (QED) is 0.338. The highest BCUT2D eigenvalue weighted by Crippen LogP contribution is 2.57. The highest BCUT2D eigenvalue weighted by atomic mass is 16.3. The lowest BCUT2D eigenvalue weighted by atomic mass is 9.42. The maximum absolute atomic E-state index is 14.6. The predicted octanol–water partition coefficient (Wildman–Crippen LogP) is 0.104. The molecule has 12 nitrogen and oxygen atoms in total. The maximum atomic E-state index is 14.6. The molecule has 0 saturated heterocycles. The molecule has 0 aromatic heterocycles. The van der Waals surface area contributed by atoms with Crippen molar-refractivity contribution in [2.45, 2.75) is 43.3 Å². The number of Topliss-reactive ketones (excluding diaryl/α,β-unsaturated/α-hetero) is 4. The summed E-state index contributed by atoms with van der Waals surface area (Å²) < 4.78 is 0. The van der Waals surface area contributed by atoms with Gasteiger partial charge in [-0.15, -0.1) is 0 Å². The fraction of sp³-hybridized carbons (Fsp3) is 0.438. The summed E-state index contributed by atoms with van der Waals surface area (Å²) in [5, 5.41) is 22.2. The van der Waals surface area contributed by atoms with Crippen molar-refractivity contribution in [1.29, 1.82) is 5.26 Å². The van der Waals surface area contributed by atoms with Gasteiger partial charge in [0.25, 0.3) is 0 Å². The number of carbonyl (C=O) groups is 5. The van der Waals surface area contributed by atoms with Crippen LogP contribution in [0.4, 0.5) is 5.69 Å². The molecule has 3 aliphatic carbocycles. The molecule has 12 heteroatoms. The average Bonchev–Trinajstić information content (AvgIpc) is 2.92. The van der Waals surface area contributed by atoms with Gasteiger partial charge in [-0.3, -0.25) is 28.9 Å². The second-order valence-corrected chi connectivity index (χ2v) is 12.7. The van der Waals surface area contributed by atoms with Crippen LogP contribution in [0.5, 0.6) is 5.75 Å². The number of nitrogens with two attached hydrogens (primary N) is 3. The highest BCUT2D eigenvalue weighted by molar-refractivity contribution is 6.33. The van der Waals surface area contributed by atoms with E-state index in [0.717, 1.165) is 12.0 Å². The number of hydrogen-bond donors (Lipinski definition) is 4. The van der Waals surface area contributed by atoms with E-state index in [1.165, 1.54) is 19.0 Å². The summed E-state index contributed by atoms with van der Waals surface area (Å²) in [7, 11) is 6.45. The molecular weight excluding hydrogens is 564 g/mol. The Morgan fingerprint density at radius 1 is 1.07 bits per heavy atom. The number of primary amides is 1. The molecule has 2 aromatic carbocycles. The summed E-state index contributed by atoms with van der Waals surface area (Å²) in [5.74, 6) is -9.96. The number of likely N-dealkylation sites (N-methyl/N-ethyl adjacent to an activating group) is 1. The first-order valence-electron chi connectivity index (χ1n) is 14.3. The minimum Gasteiger partial charge on any atom is -0.507 e. The van der Waals surface area contributed by atoms with E-state index >= 15 is 0 Å². The van der Waals surface area contributed by atoms with E-state index in [0.29, 0.717) is 22.4 Å². The van der Waals surface area contributed by atoms with E-state index < -0.39 is 69.8 Å². The van der Waals surface area contributed by atoms with Crippen LogP contribution in [0.1, 0.15) is 34.8 Å². The van der Waals surface area contributed by atoms with Crippen LogP contribution >= 0.6 is 0 Å². The molecule has 2 fully saturated rings. The first kappa shape index (κ1) is 31.0. The molecule has 2 aromatic rings. The number of nitrogens with zero attached hydrogens (tertiary/aromatic N) is 3. The van der Waals surface area contributed by atoms with Gasteiger partial charge in [0.15, 0.2) is 34.5 Å². The van der Waals surface area contributed by atoms with Crippen LogP contribution in [0, 0.1) is 28.6 Å². The van der Waals surface area contributed by atoms with Crippen molar-refractivity contribution in [1.82, 2.24) is 4.90 Å². The number of hydrogen-bond acceptors (Lipinski definition) is 11. The number of aromatic hydroxyl groups is 1. The molecule has 5 rings (SSSR count). The SMILES string of the molecule is CCc1ccc(-c2cc(N(C)C)c3c(c2O)C(=O)C2C(=O)[C@]4(C#N)C(=O)C(C(N)=O)C(=O)[C@@H](N(C)C)[C@]4(N)C[C@]2(N)C3)cc1. The topological polar surface area (TPSA) is 214 Å². The molecule has 0 radical (unpaired) electrons. The van der Waals surface area contributed by atoms with Crippen LogP contribution < -0.4 is 22.1 Å². The number of phenolic OH excluding ortho intramolecular Hbond substituents is 1. The number of phenols is 1. The largest absolute Gasteiger partial charge is 0.507 e. The van der Waals surface area contributed by atoms with Crippen LogP contribution in [0.3, 0.4) is 0 Å². The molecule has 2 saturated carbocycles. The van der Waals surface area contributed by atoms with Gasteiger partial charge in [0.1, 0.15) is 11.7 Å². The molecule has 230 valence electrons. The average molecular weight is 601 g/mol. The third kappa shape index (κ3) is 3.83. The Morgan fingerprint density at radius 2 is 1.68 bits per heavy atom. The zero-order valence-electron chi connectivity index (χ0n) is 25.3. The number of carbonyl (C=O) groups excluding carboxylic acids is 5. The lowest BCUT2D eigenvalue weighted by molar-refractivity contribution is -0.166. The summed E-state index contributed by atoms with van der Waals surface area (Å²) in [5.41, 5.74) is 15.4. The summed E-state index contributed by atoms with van der Waals surface area (Å²) in [4.78, 5) is 72.0. The van der Waals surface area contributed by atoms with Gasteiger partial charge in [0, 0.05) is 30.9 Å². The van der Waals surface area contributed by atoms with Gasteiger partial charge in [-0.05, 0) is 56.1 Å². The molecule has 44 heavy (non-hydrogen) atoms. The molecule has 3 aliphatic rings. The summed E-state index contributed by atoms with van der Waals surface area (Å²) in [6.07, 6.45) is 0.205. The molecule has 0 heterocycles. The van der Waals surface area contributed by atoms with Crippen LogP contribution in [-0.2, 0) is 32.0 Å². The van der Waals surface area contributed by atoms with Gasteiger partial charge in [-0.25, -0.2) is 0 Å². The van der Waals surface area contributed by atoms with Gasteiger partial charge in [-0.1, -0.05) is 31.2 Å². The maximum Gasteiger partial charge on any atom is 0.235 e. The van der Waals surface area contributed by atoms with Crippen molar-refractivity contribution in [3.63, 3.8) is 0 Å². The fourth-order valence-corrected chi connectivity index (χ4v) is 7.79. The molecular formula is C32H36N6O6. The number of aryl methyl sites for hydroxylation is 1. The van der Waals surface area contributed by atoms with E-state index in [-0.39, 0.29) is 17.7 Å². The standard InChI is InChI=1S/C32H36N6O6/c1-6-15-7-9-16(10-8-15)17-11-19(37(2)3)18-12-30(35)13-32(36)26(38(4)5)25(41)21(29(34)44)27(42)31(32,14-33)28(43)22(30)24(40)20(18)23(17)39/h7-11,21-22,26,39H,6,12-13,35-36H2,1-5H3,(H2,34,44)/t21?,22?,26-,30-,31+,32-/m1/s1. The molecule has 0 bridgehead atoms. The molecule has 0 aliphatic heterocycles. The Kier molecular flexibility index (Phi) is 7.08. The number of nitriles is 1. The molecule has 7 N–H and O–H groups in total. The Bertz CT molecular complexity index is 1690. The van der Waals surface area contributed by atoms with Crippen LogP contribution in [0.25, 0.3) is 11.1 Å². The van der Waals surface area contributed by atoms with Crippen LogP contribution in [0.2, 0.25) is 0 Å². The summed E-state index contributed by atoms with van der Waals surface area (Å²) >= 11 is 0. The Morgan fingerprint density at radius 3 is 2.18 bits per heavy atom. The van der Waals surface area contributed by atoms with Crippen LogP contribution in [0.15, 0.2) is 30.3 Å². The molecule has 1 amide bonds. The monoisotopic (exact) mass is 600 g/mol. The smallest absolute Gasteiger partial charge is 0.235 e. The second kappa shape index (κ2) is 10.1. The Hall–Kier alpha value is -4.44. The van der Waals surface area contributed by atoms with E-state index in [2.05, 4.69) is 0 Å². The number of anilines is 1. The van der Waals surface area contributed by atoms with Gasteiger partial charge < -0.3 is 27.2 Å². The second-order valence-electron chi connectivity index (χ2n) is 12.7. The number of amides is 1. The minimum atomic E-state index is -2.79. The number of fused-ring (bicyclic) bond motifs is 3. The van der Waals surface area contributed by atoms with Crippen molar-refractivity contribution < 1.29 is 29.1 Å². The van der Waals surface area contributed by atoms with Crippen molar-refractivity contribution in [3.8, 4) is 22.9 Å². The summed E-state index contributed by atoms with van der Waals surface area (Å²) in [6.45, 7) is 2.01. The van der Waals surface area contributed by atoms with E-state index in [1.54, 1.807) is 31.1 Å². The fourth-order valence-electron chi connectivity index (χ4n) is 7.79. The molecule has 6 atom stereocenters. The zero-order valence-corrected chi connectivity index (χ0v) is 25.3. The molecule has 0 spiro atoms. The van der Waals surface area contributed by atoms with Gasteiger partial charge in [-0.2, -0.15) is 5.26 Å². The third-order valence-corrected chi connectivity index (χ3v) is 9.72. The Balaban J connectivity index is 1.78. The van der Waals surface area contributed by atoms with Crippen molar-refractivity contribution in [2.24, 2.45) is 34.5 Å². The van der Waals surface area contributed by atoms with E-state index in [1.807, 2.05) is 31.2 Å². The van der Waals surface area contributed by atoms with E-state index in [9.17, 15) is 34.3 Å². The van der Waals surface area contributed by atoms with Gasteiger partial charge in [0.05, 0.1) is 23.2 Å². The van der Waals surface area contributed by atoms with Gasteiger partial charge >= 0.3 is 0 Å². The van der Waals surface area contributed by atoms with E-state index in [4.69, 9.17) is 17.2 Å². The molecule has 2 unspecified atom stereocenters. The first-order chi connectivity index (χ1) is 20.5. The van der Waals surface area contributed by atoms with Gasteiger partial charge in [0.2, 0.25) is 5.91 Å². The third-order valence-electron chi connectivity index (χ3n) is 9.72. The van der Waals surface area contributed by atoms with Crippen molar-refractivity contribution in [3.05, 3.63) is 47.0 Å². The normalized spacial score (nSPS) is 31.2. The van der Waals surface area contributed by atoms with Crippen molar-refractivity contribution in [2.75, 3.05) is 33.1 Å². The lowest BCUT2D eigenvalue weighted by Crippen LogP contribution is -2.85. The lowest BCUT2D eigenvalue weighted by Gasteiger charge is -2.60. The van der Waals surface area contributed by atoms with Crippen LogP contribution in [-0.4, -0.2) is 84.4 Å². The number of ketones is 4. The first-order valence-corrected chi connectivity index (χ1v) is 14.3. The zero-order chi connectivity index (χ0) is 32.7. The minimum absolute atomic E-state index is 0.136. The Labute approximate surface area is 254 Å². The summed E-state index contributed by atoms with van der Waals surface area (Å²) in [6, 6.07) is 9.47. The predicted molar refractivity (Wildman–Crippen MR) is 160 cm³/mol. The number of rotatable bonds is 5.